The van der Waals surface area contributed by atoms with Gasteiger partial charge in [-0.25, -0.2) is 8.78 Å². The molecular formula is C16H21F2NO2. The van der Waals surface area contributed by atoms with Crippen molar-refractivity contribution in [2.75, 3.05) is 6.54 Å². The minimum atomic E-state index is -0.880. The van der Waals surface area contributed by atoms with Gasteiger partial charge in [0.15, 0.2) is 0 Å². The van der Waals surface area contributed by atoms with Crippen LogP contribution in [0.2, 0.25) is 0 Å². The highest BCUT2D eigenvalue weighted by atomic mass is 19.1. The molecule has 1 fully saturated rings. The average Bonchev–Trinajstić information content (AvgIpc) is 2.39. The SMILES string of the molecule is CCC(O)CCNC(=O)C1(c2ccc(F)cc2F)CCC1. The van der Waals surface area contributed by atoms with Crippen LogP contribution in [0.15, 0.2) is 18.2 Å². The molecule has 1 aromatic carbocycles. The minimum absolute atomic E-state index is 0.234. The molecule has 116 valence electrons. The third-order valence-corrected chi connectivity index (χ3v) is 4.32. The lowest BCUT2D eigenvalue weighted by molar-refractivity contribution is -0.130. The standard InChI is InChI=1S/C16H21F2NO2/c1-2-12(20)6-9-19-15(21)16(7-3-8-16)13-5-4-11(17)10-14(13)18/h4-5,10,12,20H,2-3,6-9H2,1H3,(H,19,21). The quantitative estimate of drug-likeness (QED) is 0.848. The van der Waals surface area contributed by atoms with Gasteiger partial charge in [0.05, 0.1) is 11.5 Å². The summed E-state index contributed by atoms with van der Waals surface area (Å²) >= 11 is 0. The lowest BCUT2D eigenvalue weighted by atomic mass is 9.63. The van der Waals surface area contributed by atoms with Crippen LogP contribution in [0.25, 0.3) is 0 Å². The van der Waals surface area contributed by atoms with Gasteiger partial charge in [0.1, 0.15) is 11.6 Å². The van der Waals surface area contributed by atoms with Crippen LogP contribution in [0, 0.1) is 11.6 Å². The molecular weight excluding hydrogens is 276 g/mol. The lowest BCUT2D eigenvalue weighted by Gasteiger charge is -2.40. The molecule has 0 bridgehead atoms. The van der Waals surface area contributed by atoms with Crippen LogP contribution in [0.1, 0.15) is 44.6 Å². The molecule has 3 nitrogen and oxygen atoms in total. The molecule has 0 saturated heterocycles. The normalized spacial score (nSPS) is 17.9. The van der Waals surface area contributed by atoms with Crippen LogP contribution < -0.4 is 5.32 Å². The Morgan fingerprint density at radius 1 is 1.43 bits per heavy atom. The summed E-state index contributed by atoms with van der Waals surface area (Å²) in [4.78, 5) is 12.4. The average molecular weight is 297 g/mol. The van der Waals surface area contributed by atoms with Gasteiger partial charge in [-0.15, -0.1) is 0 Å². The number of hydrogen-bond acceptors (Lipinski definition) is 2. The summed E-state index contributed by atoms with van der Waals surface area (Å²) in [5.41, 5.74) is -0.613. The molecule has 2 rings (SSSR count). The molecule has 1 aromatic rings. The number of benzene rings is 1. The summed E-state index contributed by atoms with van der Waals surface area (Å²) in [6.45, 7) is 2.23. The number of amides is 1. The maximum Gasteiger partial charge on any atom is 0.230 e. The van der Waals surface area contributed by atoms with E-state index in [4.69, 9.17) is 0 Å². The van der Waals surface area contributed by atoms with Gasteiger partial charge in [0.25, 0.3) is 0 Å². The zero-order valence-corrected chi connectivity index (χ0v) is 12.2. The fourth-order valence-electron chi connectivity index (χ4n) is 2.75. The Balaban J connectivity index is 2.08. The highest BCUT2D eigenvalue weighted by molar-refractivity contribution is 5.89. The second-order valence-electron chi connectivity index (χ2n) is 5.67. The van der Waals surface area contributed by atoms with E-state index in [2.05, 4.69) is 5.32 Å². The second-order valence-corrected chi connectivity index (χ2v) is 5.67. The Morgan fingerprint density at radius 2 is 2.14 bits per heavy atom. The summed E-state index contributed by atoms with van der Waals surface area (Å²) in [6, 6.07) is 3.38. The monoisotopic (exact) mass is 297 g/mol. The summed E-state index contributed by atoms with van der Waals surface area (Å²) in [5, 5.41) is 12.3. The zero-order chi connectivity index (χ0) is 15.5. The molecule has 0 aliphatic heterocycles. The van der Waals surface area contributed by atoms with Crippen molar-refractivity contribution in [3.05, 3.63) is 35.4 Å². The summed E-state index contributed by atoms with van der Waals surface area (Å²) in [5.74, 6) is -1.54. The van der Waals surface area contributed by atoms with Crippen molar-refractivity contribution in [2.45, 2.75) is 50.5 Å². The van der Waals surface area contributed by atoms with Crippen LogP contribution in [0.4, 0.5) is 8.78 Å². The molecule has 1 atom stereocenters. The van der Waals surface area contributed by atoms with Crippen LogP contribution in [-0.4, -0.2) is 23.7 Å². The Hall–Kier alpha value is -1.49. The van der Waals surface area contributed by atoms with Gasteiger partial charge in [0, 0.05) is 18.2 Å². The number of nitrogens with one attached hydrogen (secondary N) is 1. The molecule has 0 heterocycles. The molecule has 21 heavy (non-hydrogen) atoms. The Labute approximate surface area is 123 Å². The van der Waals surface area contributed by atoms with E-state index in [-0.39, 0.29) is 11.5 Å². The first-order valence-electron chi connectivity index (χ1n) is 7.41. The first-order chi connectivity index (χ1) is 9.99. The molecule has 0 spiro atoms. The number of aliphatic hydroxyl groups excluding tert-OH is 1. The van der Waals surface area contributed by atoms with Crippen LogP contribution in [-0.2, 0) is 10.2 Å². The molecule has 1 aliphatic rings. The Bertz CT molecular complexity index is 515. The maximum atomic E-state index is 14.0. The summed E-state index contributed by atoms with van der Waals surface area (Å²) < 4.78 is 27.0. The van der Waals surface area contributed by atoms with E-state index in [0.29, 0.717) is 32.2 Å². The van der Waals surface area contributed by atoms with E-state index in [1.54, 1.807) is 0 Å². The molecule has 0 aromatic heterocycles. The topological polar surface area (TPSA) is 49.3 Å². The first kappa shape index (κ1) is 15.9. The van der Waals surface area contributed by atoms with Crippen molar-refractivity contribution < 1.29 is 18.7 Å². The van der Waals surface area contributed by atoms with Crippen molar-refractivity contribution in [2.24, 2.45) is 0 Å². The maximum absolute atomic E-state index is 14.0. The number of rotatable bonds is 6. The second kappa shape index (κ2) is 6.52. The van der Waals surface area contributed by atoms with Gasteiger partial charge in [-0.05, 0) is 31.7 Å². The van der Waals surface area contributed by atoms with Crippen LogP contribution in [0.5, 0.6) is 0 Å². The molecule has 1 unspecified atom stereocenters. The third kappa shape index (κ3) is 3.23. The van der Waals surface area contributed by atoms with E-state index in [1.165, 1.54) is 12.1 Å². The van der Waals surface area contributed by atoms with Gasteiger partial charge in [-0.3, -0.25) is 4.79 Å². The molecule has 1 saturated carbocycles. The van der Waals surface area contributed by atoms with Crippen molar-refractivity contribution >= 4 is 5.91 Å². The molecule has 0 radical (unpaired) electrons. The van der Waals surface area contributed by atoms with Crippen molar-refractivity contribution in [1.29, 1.82) is 0 Å². The van der Waals surface area contributed by atoms with Gasteiger partial charge in [0.2, 0.25) is 5.91 Å². The van der Waals surface area contributed by atoms with E-state index >= 15 is 0 Å². The van der Waals surface area contributed by atoms with Crippen LogP contribution in [0.3, 0.4) is 0 Å². The highest BCUT2D eigenvalue weighted by Crippen LogP contribution is 2.45. The fourth-order valence-corrected chi connectivity index (χ4v) is 2.75. The number of halogens is 2. The van der Waals surface area contributed by atoms with Crippen LogP contribution >= 0.6 is 0 Å². The first-order valence-corrected chi connectivity index (χ1v) is 7.41. The number of carbonyl (C=O) groups is 1. The van der Waals surface area contributed by atoms with Gasteiger partial charge in [-0.1, -0.05) is 19.4 Å². The van der Waals surface area contributed by atoms with E-state index in [1.807, 2.05) is 6.92 Å². The summed E-state index contributed by atoms with van der Waals surface area (Å²) in [7, 11) is 0. The van der Waals surface area contributed by atoms with Gasteiger partial charge >= 0.3 is 0 Å². The van der Waals surface area contributed by atoms with E-state index < -0.39 is 23.2 Å². The molecule has 2 N–H and O–H groups in total. The molecule has 1 amide bonds. The number of carbonyl (C=O) groups excluding carboxylic acids is 1. The van der Waals surface area contributed by atoms with Crippen molar-refractivity contribution in [1.82, 2.24) is 5.32 Å². The largest absolute Gasteiger partial charge is 0.393 e. The van der Waals surface area contributed by atoms with Gasteiger partial charge < -0.3 is 10.4 Å². The third-order valence-electron chi connectivity index (χ3n) is 4.32. The minimum Gasteiger partial charge on any atom is -0.393 e. The van der Waals surface area contributed by atoms with E-state index in [9.17, 15) is 18.7 Å². The lowest BCUT2D eigenvalue weighted by Crippen LogP contribution is -2.50. The fraction of sp³-hybridized carbons (Fsp3) is 0.562. The number of hydrogen-bond donors (Lipinski definition) is 2. The number of aliphatic hydroxyl groups is 1. The Morgan fingerprint density at radius 3 is 2.67 bits per heavy atom. The van der Waals surface area contributed by atoms with Crippen molar-refractivity contribution in [3.63, 3.8) is 0 Å². The Kier molecular flexibility index (Phi) is 4.93. The molecule has 1 aliphatic carbocycles. The van der Waals surface area contributed by atoms with E-state index in [0.717, 1.165) is 12.5 Å². The summed E-state index contributed by atoms with van der Waals surface area (Å²) in [6.07, 6.45) is 2.65. The molecule has 5 heteroatoms. The predicted molar refractivity (Wildman–Crippen MR) is 75.8 cm³/mol. The highest BCUT2D eigenvalue weighted by Gasteiger charge is 2.47. The van der Waals surface area contributed by atoms with Crippen molar-refractivity contribution in [3.8, 4) is 0 Å². The zero-order valence-electron chi connectivity index (χ0n) is 12.2. The van der Waals surface area contributed by atoms with Gasteiger partial charge in [-0.2, -0.15) is 0 Å². The smallest absolute Gasteiger partial charge is 0.230 e. The predicted octanol–water partition coefficient (Wildman–Crippen LogP) is 2.66.